The zero-order valence-corrected chi connectivity index (χ0v) is 12.0. The number of hydrogen-bond donors (Lipinski definition) is 1. The van der Waals surface area contributed by atoms with E-state index in [0.29, 0.717) is 11.5 Å². The summed E-state index contributed by atoms with van der Waals surface area (Å²) >= 11 is 0. The van der Waals surface area contributed by atoms with E-state index in [1.165, 1.54) is 25.7 Å². The van der Waals surface area contributed by atoms with Crippen molar-refractivity contribution < 1.29 is 0 Å². The predicted molar refractivity (Wildman–Crippen MR) is 78.8 cm³/mol. The first-order chi connectivity index (χ1) is 9.13. The van der Waals surface area contributed by atoms with Gasteiger partial charge in [-0.15, -0.1) is 0 Å². The summed E-state index contributed by atoms with van der Waals surface area (Å²) in [6, 6.07) is 13.1. The average molecular weight is 256 g/mol. The highest BCUT2D eigenvalue weighted by atomic mass is 14.9. The second-order valence-electron chi connectivity index (χ2n) is 6.29. The van der Waals surface area contributed by atoms with Gasteiger partial charge in [0.2, 0.25) is 0 Å². The van der Waals surface area contributed by atoms with Gasteiger partial charge < -0.3 is 5.32 Å². The quantitative estimate of drug-likeness (QED) is 0.888. The van der Waals surface area contributed by atoms with Crippen molar-refractivity contribution in [2.45, 2.75) is 51.5 Å². The molecule has 2 heteroatoms. The lowest BCUT2D eigenvalue weighted by Gasteiger charge is -2.39. The topological polar surface area (TPSA) is 35.8 Å². The molecule has 1 aliphatic carbocycles. The van der Waals surface area contributed by atoms with Crippen molar-refractivity contribution in [3.8, 4) is 6.07 Å². The maximum absolute atomic E-state index is 9.35. The zero-order valence-electron chi connectivity index (χ0n) is 12.0. The van der Waals surface area contributed by atoms with Crippen molar-refractivity contribution in [1.29, 1.82) is 5.26 Å². The molecular formula is C17H24N2. The summed E-state index contributed by atoms with van der Waals surface area (Å²) in [5.74, 6) is -0.0427. The molecule has 1 aromatic carbocycles. The van der Waals surface area contributed by atoms with Gasteiger partial charge in [0.05, 0.1) is 12.0 Å². The van der Waals surface area contributed by atoms with Crippen LogP contribution in [-0.4, -0.2) is 12.6 Å². The number of benzene rings is 1. The van der Waals surface area contributed by atoms with Gasteiger partial charge in [-0.1, -0.05) is 57.0 Å². The highest BCUT2D eigenvalue weighted by Gasteiger charge is 2.32. The Morgan fingerprint density at radius 2 is 2.05 bits per heavy atom. The molecule has 0 heterocycles. The van der Waals surface area contributed by atoms with Gasteiger partial charge in [-0.05, 0) is 23.8 Å². The number of nitrogens with zero attached hydrogens (tertiary/aromatic N) is 1. The van der Waals surface area contributed by atoms with E-state index in [-0.39, 0.29) is 5.92 Å². The van der Waals surface area contributed by atoms with Crippen molar-refractivity contribution in [1.82, 2.24) is 5.32 Å². The van der Waals surface area contributed by atoms with Crippen LogP contribution in [-0.2, 0) is 0 Å². The number of nitriles is 1. The van der Waals surface area contributed by atoms with Gasteiger partial charge in [-0.25, -0.2) is 0 Å². The zero-order chi connectivity index (χ0) is 13.7. The minimum atomic E-state index is -0.0427. The van der Waals surface area contributed by atoms with Gasteiger partial charge in [0.1, 0.15) is 0 Å². The Morgan fingerprint density at radius 3 is 2.68 bits per heavy atom. The van der Waals surface area contributed by atoms with Crippen LogP contribution < -0.4 is 5.32 Å². The van der Waals surface area contributed by atoms with Gasteiger partial charge in [-0.3, -0.25) is 0 Å². The summed E-state index contributed by atoms with van der Waals surface area (Å²) in [4.78, 5) is 0. The van der Waals surface area contributed by atoms with Gasteiger partial charge in [0.25, 0.3) is 0 Å². The largest absolute Gasteiger partial charge is 0.312 e. The summed E-state index contributed by atoms with van der Waals surface area (Å²) in [7, 11) is 0. The van der Waals surface area contributed by atoms with Crippen molar-refractivity contribution in [2.75, 3.05) is 6.54 Å². The van der Waals surface area contributed by atoms with Crippen LogP contribution in [0, 0.1) is 16.7 Å². The lowest BCUT2D eigenvalue weighted by Crippen LogP contribution is -2.45. The third kappa shape index (κ3) is 3.58. The third-order valence-electron chi connectivity index (χ3n) is 4.43. The first-order valence-corrected chi connectivity index (χ1v) is 7.31. The van der Waals surface area contributed by atoms with E-state index in [2.05, 4.69) is 25.2 Å². The van der Waals surface area contributed by atoms with E-state index in [9.17, 15) is 5.26 Å². The molecule has 2 nitrogen and oxygen atoms in total. The SMILES string of the molecule is CC1(C)CCCCC1NCC(C#N)c1ccccc1. The molecule has 19 heavy (non-hydrogen) atoms. The molecule has 1 N–H and O–H groups in total. The molecule has 0 saturated heterocycles. The van der Waals surface area contributed by atoms with E-state index in [1.807, 2.05) is 30.3 Å². The van der Waals surface area contributed by atoms with Crippen LogP contribution in [0.15, 0.2) is 30.3 Å². The summed E-state index contributed by atoms with van der Waals surface area (Å²) in [5.41, 5.74) is 1.47. The van der Waals surface area contributed by atoms with E-state index < -0.39 is 0 Å². The molecule has 2 rings (SSSR count). The summed E-state index contributed by atoms with van der Waals surface area (Å²) in [5, 5.41) is 13.0. The van der Waals surface area contributed by atoms with Crippen LogP contribution in [0.1, 0.15) is 51.0 Å². The molecule has 0 aliphatic heterocycles. The normalized spacial score (nSPS) is 23.5. The van der Waals surface area contributed by atoms with E-state index in [0.717, 1.165) is 12.1 Å². The third-order valence-corrected chi connectivity index (χ3v) is 4.43. The molecule has 0 aromatic heterocycles. The fraction of sp³-hybridized carbons (Fsp3) is 0.588. The Kier molecular flexibility index (Phi) is 4.61. The van der Waals surface area contributed by atoms with Crippen LogP contribution in [0.25, 0.3) is 0 Å². The maximum Gasteiger partial charge on any atom is 0.0837 e. The lowest BCUT2D eigenvalue weighted by molar-refractivity contribution is 0.168. The van der Waals surface area contributed by atoms with Crippen molar-refractivity contribution in [3.05, 3.63) is 35.9 Å². The van der Waals surface area contributed by atoms with Crippen molar-refractivity contribution in [2.24, 2.45) is 5.41 Å². The van der Waals surface area contributed by atoms with Crippen LogP contribution >= 0.6 is 0 Å². The highest BCUT2D eigenvalue weighted by Crippen LogP contribution is 2.35. The second kappa shape index (κ2) is 6.21. The minimum Gasteiger partial charge on any atom is -0.312 e. The summed E-state index contributed by atoms with van der Waals surface area (Å²) in [6.07, 6.45) is 5.17. The molecule has 2 unspecified atom stereocenters. The summed E-state index contributed by atoms with van der Waals surface area (Å²) in [6.45, 7) is 5.44. The molecule has 2 atom stereocenters. The Morgan fingerprint density at radius 1 is 1.32 bits per heavy atom. The van der Waals surface area contributed by atoms with E-state index >= 15 is 0 Å². The van der Waals surface area contributed by atoms with Crippen LogP contribution in [0.5, 0.6) is 0 Å². The van der Waals surface area contributed by atoms with Crippen molar-refractivity contribution >= 4 is 0 Å². The molecule has 0 amide bonds. The van der Waals surface area contributed by atoms with Gasteiger partial charge in [-0.2, -0.15) is 5.26 Å². The van der Waals surface area contributed by atoms with E-state index in [1.54, 1.807) is 0 Å². The smallest absolute Gasteiger partial charge is 0.0837 e. The standard InChI is InChI=1S/C17H24N2/c1-17(2)11-7-6-10-16(17)19-13-15(12-18)14-8-4-3-5-9-14/h3-5,8-9,15-16,19H,6-7,10-11,13H2,1-2H3. The molecule has 1 aliphatic rings. The molecule has 102 valence electrons. The monoisotopic (exact) mass is 256 g/mol. The molecule has 0 radical (unpaired) electrons. The fourth-order valence-corrected chi connectivity index (χ4v) is 3.06. The number of nitrogens with one attached hydrogen (secondary N) is 1. The lowest BCUT2D eigenvalue weighted by atomic mass is 9.73. The highest BCUT2D eigenvalue weighted by molar-refractivity contribution is 5.25. The van der Waals surface area contributed by atoms with E-state index in [4.69, 9.17) is 0 Å². The Bertz CT molecular complexity index is 430. The van der Waals surface area contributed by atoms with Gasteiger partial charge in [0.15, 0.2) is 0 Å². The Labute approximate surface area is 116 Å². The second-order valence-corrected chi connectivity index (χ2v) is 6.29. The van der Waals surface area contributed by atoms with Crippen LogP contribution in [0.4, 0.5) is 0 Å². The molecular weight excluding hydrogens is 232 g/mol. The minimum absolute atomic E-state index is 0.0427. The Balaban J connectivity index is 1.95. The van der Waals surface area contributed by atoms with Gasteiger partial charge >= 0.3 is 0 Å². The molecule has 1 saturated carbocycles. The molecule has 0 spiro atoms. The molecule has 1 aromatic rings. The fourth-order valence-electron chi connectivity index (χ4n) is 3.06. The van der Waals surface area contributed by atoms with Crippen molar-refractivity contribution in [3.63, 3.8) is 0 Å². The number of hydrogen-bond acceptors (Lipinski definition) is 2. The predicted octanol–water partition coefficient (Wildman–Crippen LogP) is 3.85. The first-order valence-electron chi connectivity index (χ1n) is 7.31. The summed E-state index contributed by atoms with van der Waals surface area (Å²) < 4.78 is 0. The number of rotatable bonds is 4. The van der Waals surface area contributed by atoms with Crippen LogP contribution in [0.2, 0.25) is 0 Å². The first kappa shape index (κ1) is 14.1. The van der Waals surface area contributed by atoms with Crippen LogP contribution in [0.3, 0.4) is 0 Å². The maximum atomic E-state index is 9.35. The Hall–Kier alpha value is -1.33. The van der Waals surface area contributed by atoms with Gasteiger partial charge in [0, 0.05) is 12.6 Å². The molecule has 0 bridgehead atoms. The average Bonchev–Trinajstić information content (AvgIpc) is 2.42. The molecule has 1 fully saturated rings.